The van der Waals surface area contributed by atoms with Crippen LogP contribution < -0.4 is 10.6 Å². The molecule has 0 saturated heterocycles. The van der Waals surface area contributed by atoms with Gasteiger partial charge in [0.1, 0.15) is 0 Å². The van der Waals surface area contributed by atoms with Gasteiger partial charge in [-0.15, -0.1) is 0 Å². The quantitative estimate of drug-likeness (QED) is 0.797. The number of anilines is 1. The van der Waals surface area contributed by atoms with Gasteiger partial charge in [-0.25, -0.2) is 0 Å². The second-order valence-electron chi connectivity index (χ2n) is 6.74. The maximum Gasteiger partial charge on any atom is 0.251 e. The lowest BCUT2D eigenvalue weighted by Gasteiger charge is -2.21. The minimum absolute atomic E-state index is 0.00978. The zero-order valence-electron chi connectivity index (χ0n) is 14.8. The van der Waals surface area contributed by atoms with Crippen LogP contribution in [0.3, 0.4) is 0 Å². The first-order valence-electron chi connectivity index (χ1n) is 9.40. The summed E-state index contributed by atoms with van der Waals surface area (Å²) in [4.78, 5) is 24.1. The Kier molecular flexibility index (Phi) is 7.80. The highest BCUT2D eigenvalue weighted by atomic mass is 16.2. The summed E-state index contributed by atoms with van der Waals surface area (Å²) in [5.41, 5.74) is 1.40. The van der Waals surface area contributed by atoms with Gasteiger partial charge in [0, 0.05) is 23.7 Å². The number of rotatable bonds is 6. The molecule has 1 fully saturated rings. The third-order valence-corrected chi connectivity index (χ3v) is 4.63. The van der Waals surface area contributed by atoms with E-state index in [1.165, 1.54) is 32.1 Å². The van der Waals surface area contributed by atoms with E-state index in [2.05, 4.69) is 17.6 Å². The first kappa shape index (κ1) is 18.5. The topological polar surface area (TPSA) is 58.2 Å². The SMILES string of the molecule is CCCCC(=O)Nc1ccc(C(=O)NC2CCCCCCC2)cc1. The van der Waals surface area contributed by atoms with Crippen molar-refractivity contribution in [1.82, 2.24) is 5.32 Å². The fourth-order valence-corrected chi connectivity index (χ4v) is 3.13. The second kappa shape index (κ2) is 10.1. The maximum absolute atomic E-state index is 12.4. The summed E-state index contributed by atoms with van der Waals surface area (Å²) < 4.78 is 0. The molecule has 2 amide bonds. The average molecular weight is 330 g/mol. The molecule has 2 N–H and O–H groups in total. The van der Waals surface area contributed by atoms with Crippen molar-refractivity contribution in [2.45, 2.75) is 77.2 Å². The van der Waals surface area contributed by atoms with E-state index in [1.54, 1.807) is 24.3 Å². The fourth-order valence-electron chi connectivity index (χ4n) is 3.13. The number of hydrogen-bond acceptors (Lipinski definition) is 2. The number of carbonyl (C=O) groups is 2. The van der Waals surface area contributed by atoms with Crippen molar-refractivity contribution in [1.29, 1.82) is 0 Å². The minimum atomic E-state index is -0.00978. The molecule has 132 valence electrons. The molecule has 2 rings (SSSR count). The molecule has 4 nitrogen and oxygen atoms in total. The second-order valence-corrected chi connectivity index (χ2v) is 6.74. The number of unbranched alkanes of at least 4 members (excludes halogenated alkanes) is 1. The Morgan fingerprint density at radius 2 is 1.62 bits per heavy atom. The average Bonchev–Trinajstić information content (AvgIpc) is 2.56. The Morgan fingerprint density at radius 3 is 2.25 bits per heavy atom. The van der Waals surface area contributed by atoms with Crippen molar-refractivity contribution >= 4 is 17.5 Å². The summed E-state index contributed by atoms with van der Waals surface area (Å²) in [6.45, 7) is 2.07. The highest BCUT2D eigenvalue weighted by Crippen LogP contribution is 2.18. The first-order chi connectivity index (χ1) is 11.7. The van der Waals surface area contributed by atoms with Gasteiger partial charge in [-0.3, -0.25) is 9.59 Å². The molecule has 0 aromatic heterocycles. The number of carbonyl (C=O) groups excluding carboxylic acids is 2. The van der Waals surface area contributed by atoms with Gasteiger partial charge < -0.3 is 10.6 Å². The molecule has 0 aliphatic heterocycles. The summed E-state index contributed by atoms with van der Waals surface area (Å²) in [5.74, 6) is 0.0213. The third kappa shape index (κ3) is 6.34. The minimum Gasteiger partial charge on any atom is -0.349 e. The standard InChI is InChI=1S/C20H30N2O2/c1-2-3-11-19(23)21-18-14-12-16(13-15-18)20(24)22-17-9-7-5-4-6-8-10-17/h12-15,17H,2-11H2,1H3,(H,21,23)(H,22,24). The van der Waals surface area contributed by atoms with Gasteiger partial charge in [-0.1, -0.05) is 45.4 Å². The van der Waals surface area contributed by atoms with Crippen LogP contribution in [0.15, 0.2) is 24.3 Å². The van der Waals surface area contributed by atoms with Crippen molar-refractivity contribution < 1.29 is 9.59 Å². The predicted molar refractivity (Wildman–Crippen MR) is 98.2 cm³/mol. The van der Waals surface area contributed by atoms with Crippen LogP contribution in [0.2, 0.25) is 0 Å². The van der Waals surface area contributed by atoms with E-state index < -0.39 is 0 Å². The van der Waals surface area contributed by atoms with Crippen molar-refractivity contribution in [2.24, 2.45) is 0 Å². The number of nitrogens with one attached hydrogen (secondary N) is 2. The molecule has 0 atom stereocenters. The number of hydrogen-bond donors (Lipinski definition) is 2. The van der Waals surface area contributed by atoms with Crippen LogP contribution >= 0.6 is 0 Å². The van der Waals surface area contributed by atoms with Crippen LogP contribution in [-0.2, 0) is 4.79 Å². The number of benzene rings is 1. The Labute approximate surface area is 145 Å². The Hall–Kier alpha value is -1.84. The summed E-state index contributed by atoms with van der Waals surface area (Å²) in [6.07, 6.45) is 10.9. The molecular weight excluding hydrogens is 300 g/mol. The molecule has 4 heteroatoms. The zero-order chi connectivity index (χ0) is 17.2. The van der Waals surface area contributed by atoms with E-state index in [-0.39, 0.29) is 11.8 Å². The molecule has 1 aromatic rings. The van der Waals surface area contributed by atoms with Crippen LogP contribution in [0.5, 0.6) is 0 Å². The molecule has 1 saturated carbocycles. The van der Waals surface area contributed by atoms with Crippen molar-refractivity contribution in [3.63, 3.8) is 0 Å². The van der Waals surface area contributed by atoms with Crippen LogP contribution in [0.4, 0.5) is 5.69 Å². The molecule has 1 aliphatic rings. The van der Waals surface area contributed by atoms with E-state index in [4.69, 9.17) is 0 Å². The fraction of sp³-hybridized carbons (Fsp3) is 0.600. The van der Waals surface area contributed by atoms with Crippen LogP contribution in [-0.4, -0.2) is 17.9 Å². The van der Waals surface area contributed by atoms with Gasteiger partial charge in [0.25, 0.3) is 5.91 Å². The van der Waals surface area contributed by atoms with E-state index in [0.717, 1.165) is 31.4 Å². The molecular formula is C20H30N2O2. The summed E-state index contributed by atoms with van der Waals surface area (Å²) in [7, 11) is 0. The van der Waals surface area contributed by atoms with Gasteiger partial charge in [0.15, 0.2) is 0 Å². The summed E-state index contributed by atoms with van der Waals surface area (Å²) >= 11 is 0. The third-order valence-electron chi connectivity index (χ3n) is 4.63. The predicted octanol–water partition coefficient (Wildman–Crippen LogP) is 4.66. The van der Waals surface area contributed by atoms with Crippen LogP contribution in [0, 0.1) is 0 Å². The van der Waals surface area contributed by atoms with Crippen LogP contribution in [0.1, 0.15) is 81.5 Å². The van der Waals surface area contributed by atoms with Crippen molar-refractivity contribution in [3.05, 3.63) is 29.8 Å². The first-order valence-corrected chi connectivity index (χ1v) is 9.40. The van der Waals surface area contributed by atoms with Gasteiger partial charge in [-0.05, 0) is 43.5 Å². The van der Waals surface area contributed by atoms with Gasteiger partial charge in [-0.2, -0.15) is 0 Å². The smallest absolute Gasteiger partial charge is 0.251 e. The highest BCUT2D eigenvalue weighted by Gasteiger charge is 2.15. The molecule has 0 radical (unpaired) electrons. The summed E-state index contributed by atoms with van der Waals surface area (Å²) in [5, 5.41) is 6.03. The Morgan fingerprint density at radius 1 is 1.00 bits per heavy atom. The lowest BCUT2D eigenvalue weighted by atomic mass is 9.96. The van der Waals surface area contributed by atoms with E-state index in [1.807, 2.05) is 0 Å². The van der Waals surface area contributed by atoms with Crippen molar-refractivity contribution in [3.8, 4) is 0 Å². The Balaban J connectivity index is 1.84. The van der Waals surface area contributed by atoms with Crippen LogP contribution in [0.25, 0.3) is 0 Å². The van der Waals surface area contributed by atoms with Crippen molar-refractivity contribution in [2.75, 3.05) is 5.32 Å². The van der Waals surface area contributed by atoms with E-state index in [0.29, 0.717) is 18.0 Å². The molecule has 24 heavy (non-hydrogen) atoms. The van der Waals surface area contributed by atoms with E-state index in [9.17, 15) is 9.59 Å². The normalized spacial score (nSPS) is 16.0. The lowest BCUT2D eigenvalue weighted by molar-refractivity contribution is -0.116. The van der Waals surface area contributed by atoms with Gasteiger partial charge in [0.2, 0.25) is 5.91 Å². The molecule has 0 heterocycles. The lowest BCUT2D eigenvalue weighted by Crippen LogP contribution is -2.35. The summed E-state index contributed by atoms with van der Waals surface area (Å²) in [6, 6.07) is 7.47. The molecule has 1 aliphatic carbocycles. The molecule has 0 bridgehead atoms. The van der Waals surface area contributed by atoms with Gasteiger partial charge >= 0.3 is 0 Å². The highest BCUT2D eigenvalue weighted by molar-refractivity contribution is 5.95. The molecule has 0 spiro atoms. The largest absolute Gasteiger partial charge is 0.349 e. The number of amides is 2. The molecule has 1 aromatic carbocycles. The van der Waals surface area contributed by atoms with Gasteiger partial charge in [0.05, 0.1) is 0 Å². The maximum atomic E-state index is 12.4. The zero-order valence-corrected chi connectivity index (χ0v) is 14.8. The molecule has 0 unspecified atom stereocenters. The Bertz CT molecular complexity index is 517. The van der Waals surface area contributed by atoms with E-state index >= 15 is 0 Å². The monoisotopic (exact) mass is 330 g/mol.